The zero-order chi connectivity index (χ0) is 15.5. The molecule has 1 aliphatic heterocycles. The van der Waals surface area contributed by atoms with Gasteiger partial charge in [-0.1, -0.05) is 0 Å². The summed E-state index contributed by atoms with van der Waals surface area (Å²) in [5, 5.41) is 22.1. The van der Waals surface area contributed by atoms with Crippen LogP contribution in [0.1, 0.15) is 11.6 Å². The van der Waals surface area contributed by atoms with Crippen molar-refractivity contribution in [3.05, 3.63) is 23.8 Å². The third-order valence-corrected chi connectivity index (χ3v) is 3.66. The first-order valence-corrected chi connectivity index (χ1v) is 6.80. The van der Waals surface area contributed by atoms with Gasteiger partial charge in [-0.25, -0.2) is 8.78 Å². The summed E-state index contributed by atoms with van der Waals surface area (Å²) < 4.78 is 33.5. The summed E-state index contributed by atoms with van der Waals surface area (Å²) in [6, 6.07) is 2.84. The van der Waals surface area contributed by atoms with Gasteiger partial charge in [0.05, 0.1) is 7.11 Å². The first-order chi connectivity index (χ1) is 9.99. The minimum absolute atomic E-state index is 0.0651. The molecule has 118 valence electrons. The largest absolute Gasteiger partial charge is 0.508 e. The zero-order valence-electron chi connectivity index (χ0n) is 11.9. The number of nitrogens with one attached hydrogen (secondary N) is 1. The molecule has 1 fully saturated rings. The van der Waals surface area contributed by atoms with Crippen LogP contribution in [0.5, 0.6) is 11.5 Å². The van der Waals surface area contributed by atoms with Crippen molar-refractivity contribution >= 4 is 0 Å². The van der Waals surface area contributed by atoms with Crippen LogP contribution >= 0.6 is 0 Å². The number of hydrogen-bond acceptors (Lipinski definition) is 5. The van der Waals surface area contributed by atoms with Crippen LogP contribution in [0.25, 0.3) is 0 Å². The molecule has 0 aromatic heterocycles. The highest BCUT2D eigenvalue weighted by Crippen LogP contribution is 2.41. The van der Waals surface area contributed by atoms with Gasteiger partial charge in [0.2, 0.25) is 0 Å². The highest BCUT2D eigenvalue weighted by Gasteiger charge is 2.45. The number of aliphatic hydroxyl groups is 1. The molecule has 1 aromatic carbocycles. The molecule has 0 radical (unpaired) electrons. The molecule has 0 amide bonds. The van der Waals surface area contributed by atoms with Gasteiger partial charge < -0.3 is 20.3 Å². The Morgan fingerprint density at radius 3 is 2.62 bits per heavy atom. The number of methoxy groups -OCH3 is 1. The van der Waals surface area contributed by atoms with E-state index in [2.05, 4.69) is 5.32 Å². The molecular formula is C14H20F2N2O3. The summed E-state index contributed by atoms with van der Waals surface area (Å²) in [5.74, 6) is -3.20. The molecule has 0 saturated carbocycles. The quantitative estimate of drug-likeness (QED) is 0.756. The molecule has 21 heavy (non-hydrogen) atoms. The van der Waals surface area contributed by atoms with Gasteiger partial charge in [-0.15, -0.1) is 0 Å². The van der Waals surface area contributed by atoms with Gasteiger partial charge in [0.25, 0.3) is 5.92 Å². The summed E-state index contributed by atoms with van der Waals surface area (Å²) in [4.78, 5) is 1.57. The van der Waals surface area contributed by atoms with E-state index in [1.165, 1.54) is 25.3 Å². The minimum Gasteiger partial charge on any atom is -0.508 e. The Labute approximate surface area is 122 Å². The summed E-state index contributed by atoms with van der Waals surface area (Å²) in [5.41, 5.74) is 0.0651. The van der Waals surface area contributed by atoms with Crippen LogP contribution in [0.4, 0.5) is 8.78 Å². The van der Waals surface area contributed by atoms with E-state index < -0.39 is 18.6 Å². The second-order valence-corrected chi connectivity index (χ2v) is 5.03. The lowest BCUT2D eigenvalue weighted by Crippen LogP contribution is -2.51. The van der Waals surface area contributed by atoms with Gasteiger partial charge in [0.1, 0.15) is 24.1 Å². The van der Waals surface area contributed by atoms with E-state index in [0.29, 0.717) is 31.9 Å². The monoisotopic (exact) mass is 302 g/mol. The van der Waals surface area contributed by atoms with Gasteiger partial charge in [-0.2, -0.15) is 0 Å². The lowest BCUT2D eigenvalue weighted by molar-refractivity contribution is -0.119. The van der Waals surface area contributed by atoms with Crippen LogP contribution in [0, 0.1) is 0 Å². The Morgan fingerprint density at radius 1 is 1.38 bits per heavy atom. The fourth-order valence-corrected chi connectivity index (χ4v) is 2.60. The van der Waals surface area contributed by atoms with Crippen LogP contribution in [-0.4, -0.2) is 60.9 Å². The van der Waals surface area contributed by atoms with E-state index in [9.17, 15) is 13.9 Å². The number of rotatable bonds is 5. The smallest absolute Gasteiger partial charge is 0.290 e. The molecule has 7 heteroatoms. The third kappa shape index (κ3) is 3.42. The average molecular weight is 302 g/mol. The number of phenolic OH excluding ortho intramolecular Hbond substituents is 1. The van der Waals surface area contributed by atoms with Crippen molar-refractivity contribution in [2.45, 2.75) is 12.0 Å². The normalized spacial score (nSPS) is 18.5. The highest BCUT2D eigenvalue weighted by molar-refractivity contribution is 5.42. The van der Waals surface area contributed by atoms with Gasteiger partial charge in [-0.3, -0.25) is 4.90 Å². The van der Waals surface area contributed by atoms with E-state index in [0.717, 1.165) is 0 Å². The molecule has 1 atom stereocenters. The molecular weight excluding hydrogens is 282 g/mol. The molecule has 1 saturated heterocycles. The number of aliphatic hydroxyl groups excluding tert-OH is 1. The highest BCUT2D eigenvalue weighted by atomic mass is 19.3. The van der Waals surface area contributed by atoms with Crippen molar-refractivity contribution in [1.29, 1.82) is 0 Å². The number of aromatic hydroxyl groups is 1. The van der Waals surface area contributed by atoms with Crippen molar-refractivity contribution < 1.29 is 23.7 Å². The first-order valence-electron chi connectivity index (χ1n) is 6.80. The maximum absolute atomic E-state index is 14.2. The van der Waals surface area contributed by atoms with Crippen molar-refractivity contribution in [3.8, 4) is 11.5 Å². The molecule has 1 heterocycles. The maximum Gasteiger partial charge on any atom is 0.290 e. The van der Waals surface area contributed by atoms with Gasteiger partial charge >= 0.3 is 0 Å². The Bertz CT molecular complexity index is 479. The van der Waals surface area contributed by atoms with Crippen LogP contribution in [-0.2, 0) is 0 Å². The molecule has 0 unspecified atom stereocenters. The maximum atomic E-state index is 14.2. The molecule has 1 aromatic rings. The molecule has 2 rings (SSSR count). The fraction of sp³-hybridized carbons (Fsp3) is 0.571. The average Bonchev–Trinajstić information content (AvgIpc) is 2.50. The molecule has 1 aliphatic rings. The third-order valence-electron chi connectivity index (χ3n) is 3.66. The van der Waals surface area contributed by atoms with Gasteiger partial charge in [-0.05, 0) is 18.2 Å². The number of hydrogen-bond donors (Lipinski definition) is 3. The zero-order valence-corrected chi connectivity index (χ0v) is 11.9. The topological polar surface area (TPSA) is 65.0 Å². The lowest BCUT2D eigenvalue weighted by atomic mass is 9.97. The Kier molecular flexibility index (Phi) is 4.97. The number of nitrogens with zero attached hydrogens (tertiary/aromatic N) is 1. The Morgan fingerprint density at radius 2 is 2.05 bits per heavy atom. The van der Waals surface area contributed by atoms with Crippen LogP contribution < -0.4 is 10.1 Å². The second kappa shape index (κ2) is 6.55. The molecule has 3 N–H and O–H groups in total. The number of ether oxygens (including phenoxy) is 1. The van der Waals surface area contributed by atoms with Gasteiger partial charge in [0, 0.05) is 31.7 Å². The number of halogens is 2. The number of piperazine rings is 1. The van der Waals surface area contributed by atoms with Crippen molar-refractivity contribution in [2.75, 3.05) is 39.9 Å². The number of benzene rings is 1. The van der Waals surface area contributed by atoms with Crippen molar-refractivity contribution in [3.63, 3.8) is 0 Å². The number of alkyl halides is 2. The molecule has 0 spiro atoms. The van der Waals surface area contributed by atoms with Crippen LogP contribution in [0.3, 0.4) is 0 Å². The summed E-state index contributed by atoms with van der Waals surface area (Å²) in [6.45, 7) is 0.720. The molecule has 0 bridgehead atoms. The first kappa shape index (κ1) is 15.9. The van der Waals surface area contributed by atoms with E-state index in [-0.39, 0.29) is 11.3 Å². The number of phenols is 1. The van der Waals surface area contributed by atoms with Crippen LogP contribution in [0.15, 0.2) is 18.2 Å². The summed E-state index contributed by atoms with van der Waals surface area (Å²) in [6.07, 6.45) is 0. The SMILES string of the molecule is COc1ccc(O)c([C@H](N2CCNCC2)C(F)(F)CO)c1. The standard InChI is InChI=1S/C14H20F2N2O3/c1-21-10-2-3-12(20)11(8-10)13(14(15,16)9-19)18-6-4-17-5-7-18/h2-3,8,13,17,19-20H,4-7,9H2,1H3/t13-/m0/s1. The van der Waals surface area contributed by atoms with Crippen molar-refractivity contribution in [2.24, 2.45) is 0 Å². The van der Waals surface area contributed by atoms with E-state index in [1.54, 1.807) is 4.90 Å². The Balaban J connectivity index is 2.43. The second-order valence-electron chi connectivity index (χ2n) is 5.03. The van der Waals surface area contributed by atoms with E-state index >= 15 is 0 Å². The fourth-order valence-electron chi connectivity index (χ4n) is 2.60. The van der Waals surface area contributed by atoms with E-state index in [4.69, 9.17) is 9.84 Å². The molecule has 5 nitrogen and oxygen atoms in total. The predicted molar refractivity (Wildman–Crippen MR) is 73.9 cm³/mol. The summed E-state index contributed by atoms with van der Waals surface area (Å²) >= 11 is 0. The Hall–Kier alpha value is -1.44. The van der Waals surface area contributed by atoms with Gasteiger partial charge in [0.15, 0.2) is 0 Å². The van der Waals surface area contributed by atoms with E-state index in [1.807, 2.05) is 0 Å². The molecule has 0 aliphatic carbocycles. The summed E-state index contributed by atoms with van der Waals surface area (Å²) in [7, 11) is 1.43. The predicted octanol–water partition coefficient (Wildman–Crippen LogP) is 0.975. The van der Waals surface area contributed by atoms with Crippen molar-refractivity contribution in [1.82, 2.24) is 10.2 Å². The minimum atomic E-state index is -3.36. The van der Waals surface area contributed by atoms with Crippen LogP contribution in [0.2, 0.25) is 0 Å². The lowest BCUT2D eigenvalue weighted by Gasteiger charge is -2.39.